The Balaban J connectivity index is 2.55. The van der Waals surface area contributed by atoms with Gasteiger partial charge in [0.1, 0.15) is 0 Å². The van der Waals surface area contributed by atoms with Gasteiger partial charge in [-0.05, 0) is 24.0 Å². The van der Waals surface area contributed by atoms with Gasteiger partial charge >= 0.3 is 0 Å². The number of nitrogens with two attached hydrogens (primary N) is 1. The highest BCUT2D eigenvalue weighted by Gasteiger charge is 2.17. The molecule has 0 saturated carbocycles. The van der Waals surface area contributed by atoms with E-state index in [9.17, 15) is 18.0 Å². The van der Waals surface area contributed by atoms with E-state index in [-0.39, 0.29) is 30.4 Å². The Morgan fingerprint density at radius 2 is 1.89 bits per heavy atom. The van der Waals surface area contributed by atoms with Crippen LogP contribution in [0.5, 0.6) is 0 Å². The Morgan fingerprint density at radius 3 is 2.47 bits per heavy atom. The predicted octanol–water partition coefficient (Wildman–Crippen LogP) is 1.75. The number of hydrogen-bond acceptors (Lipinski definition) is 2. The summed E-state index contributed by atoms with van der Waals surface area (Å²) in [5.41, 5.74) is 5.63. The van der Waals surface area contributed by atoms with Crippen molar-refractivity contribution in [3.05, 3.63) is 35.1 Å². The Hall–Kier alpha value is -1.56. The standard InChI is InChI=1S/C13H17F3N2O/c1-7(2)12(17)13(19)18-6-5-8-3-4-9(14)11(16)10(8)15/h3-4,7,12H,5-6,17H2,1-2H3,(H,18,19). The first kappa shape index (κ1) is 15.5. The van der Waals surface area contributed by atoms with Crippen molar-refractivity contribution in [3.63, 3.8) is 0 Å². The van der Waals surface area contributed by atoms with Gasteiger partial charge in [-0.2, -0.15) is 0 Å². The second kappa shape index (κ2) is 6.56. The lowest BCUT2D eigenvalue weighted by Crippen LogP contribution is -2.44. The minimum atomic E-state index is -1.50. The number of rotatable bonds is 5. The van der Waals surface area contributed by atoms with E-state index >= 15 is 0 Å². The van der Waals surface area contributed by atoms with Crippen molar-refractivity contribution in [1.29, 1.82) is 0 Å². The van der Waals surface area contributed by atoms with Crippen LogP contribution in [-0.2, 0) is 11.2 Å². The quantitative estimate of drug-likeness (QED) is 0.804. The summed E-state index contributed by atoms with van der Waals surface area (Å²) >= 11 is 0. The van der Waals surface area contributed by atoms with Gasteiger partial charge in [0, 0.05) is 6.54 Å². The van der Waals surface area contributed by atoms with E-state index in [1.807, 2.05) is 0 Å². The molecule has 0 saturated heterocycles. The number of carbonyl (C=O) groups is 1. The molecule has 0 aromatic heterocycles. The molecule has 3 nitrogen and oxygen atoms in total. The molecular formula is C13H17F3N2O. The van der Waals surface area contributed by atoms with Gasteiger partial charge in [-0.3, -0.25) is 4.79 Å². The number of halogens is 3. The molecule has 0 bridgehead atoms. The van der Waals surface area contributed by atoms with Crippen LogP contribution in [0.15, 0.2) is 12.1 Å². The van der Waals surface area contributed by atoms with Gasteiger partial charge in [-0.1, -0.05) is 19.9 Å². The van der Waals surface area contributed by atoms with Gasteiger partial charge in [-0.25, -0.2) is 13.2 Å². The van der Waals surface area contributed by atoms with Crippen LogP contribution in [-0.4, -0.2) is 18.5 Å². The molecule has 3 N–H and O–H groups in total. The number of benzene rings is 1. The molecule has 0 heterocycles. The van der Waals surface area contributed by atoms with Gasteiger partial charge in [0.15, 0.2) is 17.5 Å². The summed E-state index contributed by atoms with van der Waals surface area (Å²) in [6.07, 6.45) is 0.0690. The van der Waals surface area contributed by atoms with Crippen LogP contribution >= 0.6 is 0 Å². The molecule has 6 heteroatoms. The first-order chi connectivity index (χ1) is 8.84. The lowest BCUT2D eigenvalue weighted by atomic mass is 10.0. The molecule has 1 unspecified atom stereocenters. The summed E-state index contributed by atoms with van der Waals surface area (Å²) in [4.78, 5) is 11.5. The first-order valence-electron chi connectivity index (χ1n) is 6.00. The third kappa shape index (κ3) is 3.96. The normalized spacial score (nSPS) is 12.6. The molecule has 1 aromatic carbocycles. The summed E-state index contributed by atoms with van der Waals surface area (Å²) in [5, 5.41) is 2.53. The highest BCUT2D eigenvalue weighted by molar-refractivity contribution is 5.81. The average molecular weight is 274 g/mol. The molecule has 0 spiro atoms. The third-order valence-electron chi connectivity index (χ3n) is 2.83. The maximum Gasteiger partial charge on any atom is 0.237 e. The lowest BCUT2D eigenvalue weighted by molar-refractivity contribution is -0.123. The van der Waals surface area contributed by atoms with Gasteiger partial charge in [0.05, 0.1) is 6.04 Å². The summed E-state index contributed by atoms with van der Waals surface area (Å²) in [5.74, 6) is -4.31. The van der Waals surface area contributed by atoms with Gasteiger partial charge in [0.25, 0.3) is 0 Å². The second-order valence-corrected chi connectivity index (χ2v) is 4.65. The molecule has 0 aliphatic rings. The molecule has 0 aliphatic carbocycles. The Kier molecular flexibility index (Phi) is 5.35. The zero-order chi connectivity index (χ0) is 14.6. The van der Waals surface area contributed by atoms with Gasteiger partial charge in [0.2, 0.25) is 5.91 Å². The van der Waals surface area contributed by atoms with Crippen LogP contribution in [0, 0.1) is 23.4 Å². The molecular weight excluding hydrogens is 257 g/mol. The Labute approximate surface area is 110 Å². The summed E-state index contributed by atoms with van der Waals surface area (Å²) < 4.78 is 39.0. The van der Waals surface area contributed by atoms with Crippen molar-refractivity contribution >= 4 is 5.91 Å². The van der Waals surface area contributed by atoms with Crippen LogP contribution in [0.4, 0.5) is 13.2 Å². The van der Waals surface area contributed by atoms with E-state index in [0.29, 0.717) is 0 Å². The molecule has 0 radical (unpaired) electrons. The Morgan fingerprint density at radius 1 is 1.26 bits per heavy atom. The number of nitrogens with one attached hydrogen (secondary N) is 1. The second-order valence-electron chi connectivity index (χ2n) is 4.65. The molecule has 1 rings (SSSR count). The molecule has 0 fully saturated rings. The monoisotopic (exact) mass is 274 g/mol. The van der Waals surface area contributed by atoms with E-state index in [1.54, 1.807) is 13.8 Å². The minimum Gasteiger partial charge on any atom is -0.354 e. The molecule has 19 heavy (non-hydrogen) atoms. The van der Waals surface area contributed by atoms with Gasteiger partial charge in [-0.15, -0.1) is 0 Å². The number of hydrogen-bond donors (Lipinski definition) is 2. The third-order valence-corrected chi connectivity index (χ3v) is 2.83. The highest BCUT2D eigenvalue weighted by atomic mass is 19.2. The van der Waals surface area contributed by atoms with E-state index in [4.69, 9.17) is 5.73 Å². The van der Waals surface area contributed by atoms with Gasteiger partial charge < -0.3 is 11.1 Å². The molecule has 1 atom stereocenters. The largest absolute Gasteiger partial charge is 0.354 e. The summed E-state index contributed by atoms with van der Waals surface area (Å²) in [6, 6.07) is 1.37. The smallest absolute Gasteiger partial charge is 0.237 e. The minimum absolute atomic E-state index is 0.0114. The van der Waals surface area contributed by atoms with Crippen LogP contribution < -0.4 is 11.1 Å². The van der Waals surface area contributed by atoms with Crippen molar-refractivity contribution < 1.29 is 18.0 Å². The van der Waals surface area contributed by atoms with Crippen molar-refractivity contribution in [1.82, 2.24) is 5.32 Å². The summed E-state index contributed by atoms with van der Waals surface area (Å²) in [7, 11) is 0. The van der Waals surface area contributed by atoms with E-state index in [0.717, 1.165) is 12.1 Å². The molecule has 1 aromatic rings. The highest BCUT2D eigenvalue weighted by Crippen LogP contribution is 2.15. The zero-order valence-corrected chi connectivity index (χ0v) is 10.8. The van der Waals surface area contributed by atoms with Crippen molar-refractivity contribution in [3.8, 4) is 0 Å². The summed E-state index contributed by atoms with van der Waals surface area (Å²) in [6.45, 7) is 3.72. The maximum absolute atomic E-state index is 13.3. The van der Waals surface area contributed by atoms with Crippen LogP contribution in [0.3, 0.4) is 0 Å². The van der Waals surface area contributed by atoms with Crippen LogP contribution in [0.1, 0.15) is 19.4 Å². The fourth-order valence-corrected chi connectivity index (χ4v) is 1.50. The fraction of sp³-hybridized carbons (Fsp3) is 0.462. The van der Waals surface area contributed by atoms with Crippen molar-refractivity contribution in [2.45, 2.75) is 26.3 Å². The fourth-order valence-electron chi connectivity index (χ4n) is 1.50. The first-order valence-corrected chi connectivity index (χ1v) is 6.00. The van der Waals surface area contributed by atoms with Crippen molar-refractivity contribution in [2.75, 3.05) is 6.54 Å². The van der Waals surface area contributed by atoms with Crippen LogP contribution in [0.25, 0.3) is 0 Å². The Bertz CT molecular complexity index is 463. The molecule has 106 valence electrons. The number of amides is 1. The SMILES string of the molecule is CC(C)C(N)C(=O)NCCc1ccc(F)c(F)c1F. The predicted molar refractivity (Wildman–Crippen MR) is 65.8 cm³/mol. The van der Waals surface area contributed by atoms with Crippen molar-refractivity contribution in [2.24, 2.45) is 11.7 Å². The topological polar surface area (TPSA) is 55.1 Å². The zero-order valence-electron chi connectivity index (χ0n) is 10.8. The van der Waals surface area contributed by atoms with E-state index in [2.05, 4.69) is 5.32 Å². The van der Waals surface area contributed by atoms with E-state index in [1.165, 1.54) is 0 Å². The van der Waals surface area contributed by atoms with Crippen LogP contribution in [0.2, 0.25) is 0 Å². The average Bonchev–Trinajstić information content (AvgIpc) is 2.37. The number of carbonyl (C=O) groups excluding carboxylic acids is 1. The lowest BCUT2D eigenvalue weighted by Gasteiger charge is -2.15. The maximum atomic E-state index is 13.3. The molecule has 1 amide bonds. The van der Waals surface area contributed by atoms with E-state index < -0.39 is 23.5 Å². The molecule has 0 aliphatic heterocycles.